The second-order valence-corrected chi connectivity index (χ2v) is 10.6. The molecule has 0 saturated heterocycles. The number of carbonyl (C=O) groups is 2. The molecule has 0 N–H and O–H groups in total. The van der Waals surface area contributed by atoms with Crippen molar-refractivity contribution in [2.45, 2.75) is 44.4 Å². The lowest BCUT2D eigenvalue weighted by molar-refractivity contribution is -0.147. The number of unbranched alkanes of at least 4 members (excludes halogenated alkanes) is 2. The van der Waals surface area contributed by atoms with Gasteiger partial charge in [0.25, 0.3) is 0 Å². The van der Waals surface area contributed by atoms with E-state index in [-0.39, 0.29) is 29.3 Å². The fourth-order valence-corrected chi connectivity index (χ4v) is 5.17. The predicted molar refractivity (Wildman–Crippen MR) is 171 cm³/mol. The van der Waals surface area contributed by atoms with Crippen LogP contribution < -0.4 is 10.2 Å². The summed E-state index contributed by atoms with van der Waals surface area (Å²) in [7, 11) is 0. The number of nitrogens with zero attached hydrogens (tertiary/aromatic N) is 1. The van der Waals surface area contributed by atoms with Gasteiger partial charge in [0, 0.05) is 19.0 Å². The third-order valence-electron chi connectivity index (χ3n) is 7.43. The fraction of sp³-hybridized carbons (Fsp3) is 0.184. The van der Waals surface area contributed by atoms with Gasteiger partial charge in [0.2, 0.25) is 5.43 Å². The molecule has 5 rings (SSSR count). The zero-order valence-electron chi connectivity index (χ0n) is 24.5. The molecule has 0 aliphatic carbocycles. The highest BCUT2D eigenvalue weighted by atomic mass is 16.5. The van der Waals surface area contributed by atoms with Crippen LogP contribution in [0.5, 0.6) is 5.75 Å². The summed E-state index contributed by atoms with van der Waals surface area (Å²) in [5.74, 6) is -0.0899. The first-order chi connectivity index (χ1) is 21.6. The number of aromatic nitrogens is 1. The average Bonchev–Trinajstić information content (AvgIpc) is 3.08. The van der Waals surface area contributed by atoms with Crippen molar-refractivity contribution in [3.8, 4) is 5.75 Å². The van der Waals surface area contributed by atoms with E-state index < -0.39 is 12.2 Å². The summed E-state index contributed by atoms with van der Waals surface area (Å²) in [4.78, 5) is 37.6. The Morgan fingerprint density at radius 1 is 0.659 bits per heavy atom. The third-order valence-corrected chi connectivity index (χ3v) is 7.43. The molecule has 1 heterocycles. The van der Waals surface area contributed by atoms with Crippen LogP contribution in [0.15, 0.2) is 138 Å². The number of hydrogen-bond acceptors (Lipinski definition) is 5. The van der Waals surface area contributed by atoms with Gasteiger partial charge in [-0.2, -0.15) is 0 Å². The van der Waals surface area contributed by atoms with E-state index in [1.807, 2.05) is 121 Å². The number of benzene rings is 4. The van der Waals surface area contributed by atoms with Crippen molar-refractivity contribution in [3.05, 3.63) is 172 Å². The van der Waals surface area contributed by atoms with Gasteiger partial charge < -0.3 is 14.0 Å². The van der Waals surface area contributed by atoms with Crippen LogP contribution in [0, 0.1) is 0 Å². The minimum absolute atomic E-state index is 0.171. The van der Waals surface area contributed by atoms with Gasteiger partial charge in [-0.25, -0.2) is 0 Å². The first-order valence-corrected chi connectivity index (χ1v) is 14.9. The standard InChI is InChI=1S/C38H35NO5/c40-28-33-26-34(41)35(43-37(29-16-6-1-7-17-29)30-18-8-2-9-19-30)27-39(33)25-15-5-14-24-36(42)44-38(31-20-10-3-11-21-31)32-22-12-4-13-23-32/h1-4,6-13,16-23,26-28,37-38H,5,14-15,24-25H2. The first kappa shape index (κ1) is 30.2. The molecule has 6 nitrogen and oxygen atoms in total. The van der Waals surface area contributed by atoms with Crippen molar-refractivity contribution in [2.24, 2.45) is 0 Å². The van der Waals surface area contributed by atoms with Crippen LogP contribution in [0.1, 0.15) is 70.6 Å². The Labute approximate surface area is 257 Å². The van der Waals surface area contributed by atoms with Gasteiger partial charge in [0.1, 0.15) is 6.10 Å². The van der Waals surface area contributed by atoms with Crippen molar-refractivity contribution < 1.29 is 19.1 Å². The quantitative estimate of drug-likeness (QED) is 0.0758. The molecule has 0 atom stereocenters. The number of esters is 1. The second-order valence-electron chi connectivity index (χ2n) is 10.6. The molecular weight excluding hydrogens is 550 g/mol. The van der Waals surface area contributed by atoms with Crippen LogP contribution in [0.3, 0.4) is 0 Å². The molecule has 0 fully saturated rings. The number of ether oxygens (including phenoxy) is 2. The number of rotatable bonds is 14. The van der Waals surface area contributed by atoms with Crippen molar-refractivity contribution >= 4 is 12.3 Å². The Morgan fingerprint density at radius 2 is 1.14 bits per heavy atom. The zero-order valence-corrected chi connectivity index (χ0v) is 24.5. The van der Waals surface area contributed by atoms with E-state index in [0.29, 0.717) is 25.7 Å². The number of pyridine rings is 1. The van der Waals surface area contributed by atoms with Crippen molar-refractivity contribution in [2.75, 3.05) is 0 Å². The molecular formula is C38H35NO5. The highest BCUT2D eigenvalue weighted by molar-refractivity contribution is 5.72. The van der Waals surface area contributed by atoms with Crippen molar-refractivity contribution in [3.63, 3.8) is 0 Å². The molecule has 6 heteroatoms. The highest BCUT2D eigenvalue weighted by Gasteiger charge is 2.20. The number of hydrogen-bond donors (Lipinski definition) is 0. The minimum atomic E-state index is -0.484. The molecule has 0 radical (unpaired) electrons. The van der Waals surface area contributed by atoms with Crippen LogP contribution in [-0.2, 0) is 16.1 Å². The summed E-state index contributed by atoms with van der Waals surface area (Å²) in [5, 5.41) is 0. The van der Waals surface area contributed by atoms with E-state index in [1.54, 1.807) is 10.8 Å². The Balaban J connectivity index is 1.21. The third kappa shape index (κ3) is 7.98. The molecule has 1 aromatic heterocycles. The maximum atomic E-state index is 12.9. The molecule has 5 aromatic rings. The van der Waals surface area contributed by atoms with E-state index in [2.05, 4.69) is 0 Å². The number of carbonyl (C=O) groups excluding carboxylic acids is 2. The first-order valence-electron chi connectivity index (χ1n) is 14.9. The zero-order chi connectivity index (χ0) is 30.6. The lowest BCUT2D eigenvalue weighted by Gasteiger charge is -2.21. The SMILES string of the molecule is O=Cc1cc(=O)c(OC(c2ccccc2)c2ccccc2)cn1CCCCCC(=O)OC(c1ccccc1)c1ccccc1. The van der Waals surface area contributed by atoms with Gasteiger partial charge in [-0.1, -0.05) is 128 Å². The molecule has 0 unspecified atom stereocenters. The molecule has 0 aliphatic rings. The maximum absolute atomic E-state index is 12.9. The molecule has 0 saturated carbocycles. The van der Waals surface area contributed by atoms with Crippen LogP contribution in [0.2, 0.25) is 0 Å². The normalized spacial score (nSPS) is 11.0. The fourth-order valence-electron chi connectivity index (χ4n) is 5.17. The highest BCUT2D eigenvalue weighted by Crippen LogP contribution is 2.28. The van der Waals surface area contributed by atoms with E-state index in [4.69, 9.17) is 9.47 Å². The Bertz CT molecular complexity index is 1610. The van der Waals surface area contributed by atoms with Gasteiger partial charge >= 0.3 is 5.97 Å². The van der Waals surface area contributed by atoms with E-state index >= 15 is 0 Å². The summed E-state index contributed by atoms with van der Waals surface area (Å²) < 4.78 is 14.0. The molecule has 222 valence electrons. The number of aryl methyl sites for hydroxylation is 1. The van der Waals surface area contributed by atoms with Crippen LogP contribution in [0.25, 0.3) is 0 Å². The monoisotopic (exact) mass is 585 g/mol. The van der Waals surface area contributed by atoms with Gasteiger partial charge in [-0.05, 0) is 35.1 Å². The van der Waals surface area contributed by atoms with Crippen LogP contribution in [-0.4, -0.2) is 16.8 Å². The summed E-state index contributed by atoms with van der Waals surface area (Å²) >= 11 is 0. The maximum Gasteiger partial charge on any atom is 0.306 e. The van der Waals surface area contributed by atoms with E-state index in [0.717, 1.165) is 28.7 Å². The van der Waals surface area contributed by atoms with Crippen molar-refractivity contribution in [1.29, 1.82) is 0 Å². The summed E-state index contributed by atoms with van der Waals surface area (Å²) in [6.45, 7) is 0.498. The smallest absolute Gasteiger partial charge is 0.306 e. The second kappa shape index (κ2) is 15.3. The Hall–Kier alpha value is -5.23. The van der Waals surface area contributed by atoms with Gasteiger partial charge in [0.15, 0.2) is 18.1 Å². The Kier molecular flexibility index (Phi) is 10.5. The molecule has 0 amide bonds. The topological polar surface area (TPSA) is 74.6 Å². The average molecular weight is 586 g/mol. The molecule has 0 spiro atoms. The summed E-state index contributed by atoms with van der Waals surface area (Å²) in [6.07, 6.45) is 3.72. The predicted octanol–water partition coefficient (Wildman–Crippen LogP) is 7.72. The molecule has 0 bridgehead atoms. The lowest BCUT2D eigenvalue weighted by Crippen LogP contribution is -2.18. The molecule has 44 heavy (non-hydrogen) atoms. The molecule has 0 aliphatic heterocycles. The Morgan fingerprint density at radius 3 is 1.61 bits per heavy atom. The minimum Gasteiger partial charge on any atom is -0.475 e. The van der Waals surface area contributed by atoms with Gasteiger partial charge in [-0.15, -0.1) is 0 Å². The largest absolute Gasteiger partial charge is 0.475 e. The van der Waals surface area contributed by atoms with Crippen LogP contribution >= 0.6 is 0 Å². The van der Waals surface area contributed by atoms with Crippen molar-refractivity contribution in [1.82, 2.24) is 4.57 Å². The summed E-state index contributed by atoms with van der Waals surface area (Å²) in [5.41, 5.74) is 3.61. The lowest BCUT2D eigenvalue weighted by atomic mass is 10.0. The van der Waals surface area contributed by atoms with Gasteiger partial charge in [-0.3, -0.25) is 14.4 Å². The van der Waals surface area contributed by atoms with E-state index in [9.17, 15) is 14.4 Å². The van der Waals surface area contributed by atoms with Crippen LogP contribution in [0.4, 0.5) is 0 Å². The van der Waals surface area contributed by atoms with E-state index in [1.165, 1.54) is 6.07 Å². The van der Waals surface area contributed by atoms with Gasteiger partial charge in [0.05, 0.1) is 11.9 Å². The number of aldehydes is 1. The molecule has 4 aromatic carbocycles. The summed E-state index contributed by atoms with van der Waals surface area (Å²) in [6, 6.07) is 40.2.